The maximum absolute atomic E-state index is 8.47. The topological polar surface area (TPSA) is 173 Å². The molecule has 4 N–H and O–H groups in total. The van der Waals surface area contributed by atoms with Crippen molar-refractivity contribution in [2.75, 3.05) is 32.9 Å². The van der Waals surface area contributed by atoms with Crippen molar-refractivity contribution in [3.8, 4) is 12.0 Å². The van der Waals surface area contributed by atoms with Gasteiger partial charge in [-0.15, -0.1) is 4.98 Å². The molecule has 0 aliphatic carbocycles. The maximum Gasteiger partial charge on any atom is 0.322 e. The van der Waals surface area contributed by atoms with E-state index in [2.05, 4.69) is 25.0 Å². The summed E-state index contributed by atoms with van der Waals surface area (Å²) in [6.45, 7) is 1.15. The van der Waals surface area contributed by atoms with Gasteiger partial charge in [0.2, 0.25) is 0 Å². The lowest BCUT2D eigenvalue weighted by molar-refractivity contribution is 0.0217. The number of hydrogen-bond donors (Lipinski definition) is 3. The highest BCUT2D eigenvalue weighted by Crippen LogP contribution is 2.07. The molecule has 0 radical (unpaired) electrons. The number of aromatic nitrogens is 3. The first-order valence-electron chi connectivity index (χ1n) is 6.47. The second-order valence-corrected chi connectivity index (χ2v) is 3.79. The lowest BCUT2D eigenvalue weighted by Crippen LogP contribution is -2.21. The zero-order chi connectivity index (χ0) is 16.0. The van der Waals surface area contributed by atoms with Crippen LogP contribution in [0.25, 0.3) is 10.4 Å². The minimum atomic E-state index is -0.809. The Morgan fingerprint density at radius 2 is 2.14 bits per heavy atom. The first-order valence-corrected chi connectivity index (χ1v) is 6.47. The van der Waals surface area contributed by atoms with Gasteiger partial charge in [-0.3, -0.25) is 0 Å². The summed E-state index contributed by atoms with van der Waals surface area (Å²) in [6, 6.07) is 0.0483. The van der Waals surface area contributed by atoms with Crippen molar-refractivity contribution < 1.29 is 19.4 Å². The minimum Gasteiger partial charge on any atom is -0.462 e. The van der Waals surface area contributed by atoms with Crippen LogP contribution in [0.15, 0.2) is 11.4 Å². The molecule has 0 spiro atoms. The SMILES string of the molecule is [N-]=[N+]=NC(COc1ncnc(OCCNO)n1)OCCCN. The van der Waals surface area contributed by atoms with Gasteiger partial charge in [0.25, 0.3) is 0 Å². The molecule has 0 amide bonds. The third-order valence-corrected chi connectivity index (χ3v) is 2.17. The number of azide groups is 1. The van der Waals surface area contributed by atoms with Crippen molar-refractivity contribution >= 4 is 0 Å². The number of hydrogen-bond acceptors (Lipinski definition) is 10. The van der Waals surface area contributed by atoms with Gasteiger partial charge in [0, 0.05) is 11.5 Å². The number of ether oxygens (including phenoxy) is 3. The van der Waals surface area contributed by atoms with Crippen molar-refractivity contribution in [1.29, 1.82) is 0 Å². The Balaban J connectivity index is 2.46. The minimum absolute atomic E-state index is 0.00234. The summed E-state index contributed by atoms with van der Waals surface area (Å²) in [7, 11) is 0. The summed E-state index contributed by atoms with van der Waals surface area (Å²) in [5.74, 6) is 0. The molecule has 22 heavy (non-hydrogen) atoms. The zero-order valence-corrected chi connectivity index (χ0v) is 11.8. The maximum atomic E-state index is 8.47. The summed E-state index contributed by atoms with van der Waals surface area (Å²) in [5, 5.41) is 11.9. The van der Waals surface area contributed by atoms with E-state index >= 15 is 0 Å². The first-order chi connectivity index (χ1) is 10.8. The molecule has 0 aromatic carbocycles. The number of nitrogens with zero attached hydrogens (tertiary/aromatic N) is 6. The van der Waals surface area contributed by atoms with E-state index in [-0.39, 0.29) is 31.8 Å². The molecule has 122 valence electrons. The first kappa shape index (κ1) is 17.8. The van der Waals surface area contributed by atoms with Gasteiger partial charge in [0.1, 0.15) is 19.5 Å². The van der Waals surface area contributed by atoms with Crippen molar-refractivity contribution in [2.24, 2.45) is 10.8 Å². The van der Waals surface area contributed by atoms with Gasteiger partial charge in [-0.05, 0) is 18.5 Å². The molecular formula is C10H18N8O4. The summed E-state index contributed by atoms with van der Waals surface area (Å²) in [4.78, 5) is 14.1. The normalized spacial score (nSPS) is 11.5. The third kappa shape index (κ3) is 7.52. The second kappa shape index (κ2) is 11.4. The Labute approximate surface area is 126 Å². The summed E-state index contributed by atoms with van der Waals surface area (Å²) < 4.78 is 15.7. The smallest absolute Gasteiger partial charge is 0.322 e. The molecule has 1 aromatic heterocycles. The van der Waals surface area contributed by atoms with E-state index in [9.17, 15) is 0 Å². The average molecular weight is 314 g/mol. The van der Waals surface area contributed by atoms with Crippen molar-refractivity contribution in [1.82, 2.24) is 20.4 Å². The highest BCUT2D eigenvalue weighted by molar-refractivity contribution is 4.99. The average Bonchev–Trinajstić information content (AvgIpc) is 2.53. The molecule has 0 saturated heterocycles. The van der Waals surface area contributed by atoms with E-state index in [4.69, 9.17) is 30.7 Å². The Morgan fingerprint density at radius 1 is 1.36 bits per heavy atom. The van der Waals surface area contributed by atoms with Crippen LogP contribution in [0.1, 0.15) is 6.42 Å². The molecule has 0 aliphatic heterocycles. The van der Waals surface area contributed by atoms with Crippen LogP contribution in [0, 0.1) is 0 Å². The van der Waals surface area contributed by atoms with Gasteiger partial charge in [-0.25, -0.2) is 5.48 Å². The van der Waals surface area contributed by atoms with Crippen LogP contribution in [-0.4, -0.2) is 59.3 Å². The van der Waals surface area contributed by atoms with E-state index in [0.717, 1.165) is 0 Å². The molecule has 12 nitrogen and oxygen atoms in total. The van der Waals surface area contributed by atoms with Crippen LogP contribution in [-0.2, 0) is 4.74 Å². The zero-order valence-electron chi connectivity index (χ0n) is 11.8. The number of nitrogens with one attached hydrogen (secondary N) is 1. The highest BCUT2D eigenvalue weighted by atomic mass is 16.6. The van der Waals surface area contributed by atoms with E-state index in [1.807, 2.05) is 5.48 Å². The largest absolute Gasteiger partial charge is 0.462 e. The molecule has 12 heteroatoms. The van der Waals surface area contributed by atoms with E-state index < -0.39 is 6.23 Å². The fourth-order valence-corrected chi connectivity index (χ4v) is 1.22. The Hall–Kier alpha value is -2.24. The van der Waals surface area contributed by atoms with Crippen LogP contribution in [0.5, 0.6) is 12.0 Å². The lowest BCUT2D eigenvalue weighted by Gasteiger charge is -2.12. The van der Waals surface area contributed by atoms with Gasteiger partial charge < -0.3 is 25.2 Å². The molecule has 1 unspecified atom stereocenters. The second-order valence-electron chi connectivity index (χ2n) is 3.79. The van der Waals surface area contributed by atoms with Gasteiger partial charge in [0.05, 0.1) is 6.54 Å². The molecule has 1 rings (SSSR count). The number of rotatable bonds is 12. The van der Waals surface area contributed by atoms with Crippen LogP contribution >= 0.6 is 0 Å². The Kier molecular flexibility index (Phi) is 9.25. The van der Waals surface area contributed by atoms with Crippen LogP contribution < -0.4 is 20.7 Å². The number of hydroxylamine groups is 1. The van der Waals surface area contributed by atoms with Crippen LogP contribution in [0.4, 0.5) is 0 Å². The van der Waals surface area contributed by atoms with E-state index in [1.54, 1.807) is 0 Å². The van der Waals surface area contributed by atoms with Crippen LogP contribution in [0.3, 0.4) is 0 Å². The fraction of sp³-hybridized carbons (Fsp3) is 0.700. The Morgan fingerprint density at radius 3 is 2.82 bits per heavy atom. The molecule has 0 fully saturated rings. The van der Waals surface area contributed by atoms with Crippen LogP contribution in [0.2, 0.25) is 0 Å². The molecule has 0 aliphatic rings. The monoisotopic (exact) mass is 314 g/mol. The standard InChI is InChI=1S/C10H18N8O4/c11-2-1-4-20-8(17-18-12)6-22-10-14-7-13-9(16-10)21-5-3-15-19/h7-8,15,19H,1-6,11H2. The van der Waals surface area contributed by atoms with E-state index in [1.165, 1.54) is 6.33 Å². The molecule has 1 aromatic rings. The summed E-state index contributed by atoms with van der Waals surface area (Å²) in [5.41, 5.74) is 15.7. The molecule has 0 saturated carbocycles. The summed E-state index contributed by atoms with van der Waals surface area (Å²) in [6.07, 6.45) is 1.04. The van der Waals surface area contributed by atoms with Gasteiger partial charge in [-0.1, -0.05) is 5.11 Å². The highest BCUT2D eigenvalue weighted by Gasteiger charge is 2.10. The molecular weight excluding hydrogens is 296 g/mol. The van der Waals surface area contributed by atoms with Crippen molar-refractivity contribution in [3.63, 3.8) is 0 Å². The van der Waals surface area contributed by atoms with Gasteiger partial charge in [-0.2, -0.15) is 9.97 Å². The predicted molar refractivity (Wildman–Crippen MR) is 73.2 cm³/mol. The number of nitrogens with two attached hydrogens (primary N) is 1. The van der Waals surface area contributed by atoms with Gasteiger partial charge >= 0.3 is 12.0 Å². The molecule has 1 heterocycles. The Bertz CT molecular complexity index is 470. The third-order valence-electron chi connectivity index (χ3n) is 2.17. The summed E-state index contributed by atoms with van der Waals surface area (Å²) >= 11 is 0. The molecule has 1 atom stereocenters. The molecule has 0 bridgehead atoms. The quantitative estimate of drug-likeness (QED) is 0.152. The van der Waals surface area contributed by atoms with Crippen molar-refractivity contribution in [3.05, 3.63) is 16.8 Å². The predicted octanol–water partition coefficient (Wildman–Crippen LogP) is -0.390. The fourth-order valence-electron chi connectivity index (χ4n) is 1.22. The van der Waals surface area contributed by atoms with Gasteiger partial charge in [0.15, 0.2) is 6.23 Å². The van der Waals surface area contributed by atoms with Crippen molar-refractivity contribution in [2.45, 2.75) is 12.6 Å². The van der Waals surface area contributed by atoms with E-state index in [0.29, 0.717) is 19.6 Å². The lowest BCUT2D eigenvalue weighted by atomic mass is 10.5.